The van der Waals surface area contributed by atoms with E-state index in [1.54, 1.807) is 0 Å². The minimum atomic E-state index is -2.89. The van der Waals surface area contributed by atoms with E-state index in [1.165, 1.54) is 31.0 Å². The number of nitrogen functional groups attached to an aromatic ring is 1. The molecule has 0 unspecified atom stereocenters. The van der Waals surface area contributed by atoms with Gasteiger partial charge in [0.25, 0.3) is 0 Å². The average Bonchev–Trinajstić information content (AvgIpc) is 2.50. The van der Waals surface area contributed by atoms with Gasteiger partial charge in [0.05, 0.1) is 23.3 Å². The second kappa shape index (κ2) is 7.19. The molecule has 6 nitrogen and oxygen atoms in total. The summed E-state index contributed by atoms with van der Waals surface area (Å²) < 4.78 is 28.9. The van der Waals surface area contributed by atoms with Crippen molar-refractivity contribution in [2.24, 2.45) is 0 Å². The standard InChI is InChI=1S/C14H14N2O4S2/c1-20-14(17)9-7-11(15)13(12(8-9)16-22(18)19)21-10-5-3-2-4-6-10/h2-8,22H,15H2,1H3,(H,16,18,19). The summed E-state index contributed by atoms with van der Waals surface area (Å²) in [4.78, 5) is 13.0. The fraction of sp³-hybridized carbons (Fsp3) is 0.0714. The zero-order valence-electron chi connectivity index (χ0n) is 11.6. The lowest BCUT2D eigenvalue weighted by molar-refractivity contribution is 0.0600. The molecule has 0 aromatic heterocycles. The van der Waals surface area contributed by atoms with E-state index < -0.39 is 16.9 Å². The number of ether oxygens (including phenoxy) is 1. The van der Waals surface area contributed by atoms with Crippen LogP contribution >= 0.6 is 11.8 Å². The number of benzene rings is 2. The monoisotopic (exact) mass is 338 g/mol. The third kappa shape index (κ3) is 3.92. The molecule has 2 aromatic carbocycles. The van der Waals surface area contributed by atoms with Gasteiger partial charge in [-0.1, -0.05) is 30.0 Å². The number of rotatable bonds is 5. The molecule has 0 aliphatic carbocycles. The third-order valence-electron chi connectivity index (χ3n) is 2.71. The van der Waals surface area contributed by atoms with E-state index in [0.29, 0.717) is 4.90 Å². The number of methoxy groups -OCH3 is 1. The molecule has 2 aromatic rings. The first-order chi connectivity index (χ1) is 10.5. The molecular weight excluding hydrogens is 324 g/mol. The fourth-order valence-corrected chi connectivity index (χ4v) is 3.16. The number of nitrogens with one attached hydrogen (secondary N) is 1. The maximum Gasteiger partial charge on any atom is 0.337 e. The highest BCUT2D eigenvalue weighted by molar-refractivity contribution is 7.99. The van der Waals surface area contributed by atoms with E-state index in [9.17, 15) is 13.2 Å². The van der Waals surface area contributed by atoms with Crippen LogP contribution < -0.4 is 10.5 Å². The molecule has 0 radical (unpaired) electrons. The summed E-state index contributed by atoms with van der Waals surface area (Å²) in [6.07, 6.45) is 0. The van der Waals surface area contributed by atoms with Gasteiger partial charge in [-0.05, 0) is 24.3 Å². The summed E-state index contributed by atoms with van der Waals surface area (Å²) >= 11 is 1.30. The van der Waals surface area contributed by atoms with Gasteiger partial charge in [-0.3, -0.25) is 4.72 Å². The number of hydrogen-bond acceptors (Lipinski definition) is 6. The minimum Gasteiger partial charge on any atom is -0.465 e. The van der Waals surface area contributed by atoms with Crippen LogP contribution in [-0.4, -0.2) is 21.5 Å². The van der Waals surface area contributed by atoms with Crippen LogP contribution in [0.3, 0.4) is 0 Å². The zero-order valence-corrected chi connectivity index (χ0v) is 13.3. The molecule has 116 valence electrons. The van der Waals surface area contributed by atoms with E-state index in [1.807, 2.05) is 30.3 Å². The van der Waals surface area contributed by atoms with Gasteiger partial charge in [-0.25, -0.2) is 13.2 Å². The molecule has 0 aliphatic heterocycles. The average molecular weight is 338 g/mol. The van der Waals surface area contributed by atoms with Crippen LogP contribution in [0.2, 0.25) is 0 Å². The molecule has 0 fully saturated rings. The Labute approximate surface area is 133 Å². The predicted molar refractivity (Wildman–Crippen MR) is 86.7 cm³/mol. The fourth-order valence-electron chi connectivity index (χ4n) is 1.79. The Morgan fingerprint density at radius 3 is 2.50 bits per heavy atom. The van der Waals surface area contributed by atoms with Crippen molar-refractivity contribution in [1.82, 2.24) is 0 Å². The first-order valence-electron chi connectivity index (χ1n) is 6.17. The summed E-state index contributed by atoms with van der Waals surface area (Å²) in [5.74, 6) is -0.591. The lowest BCUT2D eigenvalue weighted by Gasteiger charge is -2.13. The normalized spacial score (nSPS) is 10.5. The van der Waals surface area contributed by atoms with Crippen molar-refractivity contribution in [2.45, 2.75) is 9.79 Å². The van der Waals surface area contributed by atoms with Crippen molar-refractivity contribution < 1.29 is 17.9 Å². The molecule has 8 heteroatoms. The zero-order chi connectivity index (χ0) is 16.1. The highest BCUT2D eigenvalue weighted by Gasteiger charge is 2.15. The molecule has 0 aliphatic rings. The van der Waals surface area contributed by atoms with E-state index in [2.05, 4.69) is 9.46 Å². The van der Waals surface area contributed by atoms with Crippen molar-refractivity contribution >= 4 is 40.0 Å². The van der Waals surface area contributed by atoms with Crippen LogP contribution in [0.15, 0.2) is 52.3 Å². The summed E-state index contributed by atoms with van der Waals surface area (Å²) in [5.41, 5.74) is 6.68. The molecule has 22 heavy (non-hydrogen) atoms. The van der Waals surface area contributed by atoms with E-state index in [4.69, 9.17) is 5.73 Å². The van der Waals surface area contributed by atoms with E-state index in [0.717, 1.165) is 4.90 Å². The third-order valence-corrected chi connectivity index (χ3v) is 4.30. The van der Waals surface area contributed by atoms with Gasteiger partial charge < -0.3 is 10.5 Å². The van der Waals surface area contributed by atoms with Gasteiger partial charge in [0, 0.05) is 10.6 Å². The van der Waals surface area contributed by atoms with Gasteiger partial charge in [0.1, 0.15) is 0 Å². The number of esters is 1. The molecule has 0 amide bonds. The second-order valence-corrected chi connectivity index (χ2v) is 6.04. The molecule has 0 atom stereocenters. The van der Waals surface area contributed by atoms with Crippen molar-refractivity contribution in [3.63, 3.8) is 0 Å². The highest BCUT2D eigenvalue weighted by Crippen LogP contribution is 2.38. The van der Waals surface area contributed by atoms with E-state index in [-0.39, 0.29) is 16.9 Å². The summed E-state index contributed by atoms with van der Waals surface area (Å²) in [5, 5.41) is 0. The number of carbonyl (C=O) groups is 1. The van der Waals surface area contributed by atoms with Crippen LogP contribution in [0.25, 0.3) is 0 Å². The minimum absolute atomic E-state index is 0.178. The first kappa shape index (κ1) is 16.2. The van der Waals surface area contributed by atoms with Crippen LogP contribution in [0, 0.1) is 0 Å². The maximum atomic E-state index is 11.6. The first-order valence-corrected chi connectivity index (χ1v) is 8.16. The number of nitrogens with two attached hydrogens (primary N) is 1. The van der Waals surface area contributed by atoms with Crippen molar-refractivity contribution in [1.29, 1.82) is 0 Å². The molecule has 2 rings (SSSR count). The Balaban J connectivity index is 2.48. The lowest BCUT2D eigenvalue weighted by Crippen LogP contribution is -2.06. The molecule has 3 N–H and O–H groups in total. The predicted octanol–water partition coefficient (Wildman–Crippen LogP) is 2.14. The van der Waals surface area contributed by atoms with E-state index >= 15 is 0 Å². The molecule has 0 saturated heterocycles. The molecular formula is C14H14N2O4S2. The quantitative estimate of drug-likeness (QED) is 0.439. The lowest BCUT2D eigenvalue weighted by atomic mass is 10.2. The Hall–Kier alpha value is -2.19. The molecule has 0 spiro atoms. The Morgan fingerprint density at radius 1 is 1.23 bits per heavy atom. The number of thiol groups is 1. The van der Waals surface area contributed by atoms with Crippen molar-refractivity contribution in [3.8, 4) is 0 Å². The van der Waals surface area contributed by atoms with Gasteiger partial charge in [0.15, 0.2) is 0 Å². The van der Waals surface area contributed by atoms with Crippen LogP contribution in [-0.2, 0) is 15.6 Å². The Bertz CT molecular complexity index is 753. The summed E-state index contributed by atoms with van der Waals surface area (Å²) in [6.45, 7) is 0. The SMILES string of the molecule is COC(=O)c1cc(N)c(Sc2ccccc2)c(N[SH](=O)=O)c1. The van der Waals surface area contributed by atoms with Gasteiger partial charge in [0.2, 0.25) is 10.9 Å². The molecule has 0 heterocycles. The molecule has 0 bridgehead atoms. The number of hydrogen-bond donors (Lipinski definition) is 3. The van der Waals surface area contributed by atoms with Crippen LogP contribution in [0.1, 0.15) is 10.4 Å². The Kier molecular flexibility index (Phi) is 5.29. The molecule has 0 saturated carbocycles. The van der Waals surface area contributed by atoms with Crippen LogP contribution in [0.4, 0.5) is 11.4 Å². The largest absolute Gasteiger partial charge is 0.465 e. The van der Waals surface area contributed by atoms with Crippen molar-refractivity contribution in [2.75, 3.05) is 17.6 Å². The topological polar surface area (TPSA) is 98.5 Å². The number of anilines is 2. The van der Waals surface area contributed by atoms with Gasteiger partial charge >= 0.3 is 5.97 Å². The van der Waals surface area contributed by atoms with Gasteiger partial charge in [-0.2, -0.15) is 0 Å². The summed E-state index contributed by atoms with van der Waals surface area (Å²) in [6, 6.07) is 12.2. The Morgan fingerprint density at radius 2 is 1.91 bits per heavy atom. The smallest absolute Gasteiger partial charge is 0.337 e. The van der Waals surface area contributed by atoms with Crippen molar-refractivity contribution in [3.05, 3.63) is 48.0 Å². The highest BCUT2D eigenvalue weighted by atomic mass is 32.2. The van der Waals surface area contributed by atoms with Gasteiger partial charge in [-0.15, -0.1) is 0 Å². The second-order valence-electron chi connectivity index (χ2n) is 4.22. The van der Waals surface area contributed by atoms with Crippen LogP contribution in [0.5, 0.6) is 0 Å². The summed E-state index contributed by atoms with van der Waals surface area (Å²) in [7, 11) is -1.64. The number of carbonyl (C=O) groups excluding carboxylic acids is 1. The maximum absolute atomic E-state index is 11.6.